The fraction of sp³-hybridized carbons (Fsp3) is 0.417. The summed E-state index contributed by atoms with van der Waals surface area (Å²) < 4.78 is 6.58. The third-order valence-corrected chi connectivity index (χ3v) is 7.18. The first kappa shape index (κ1) is 21.1. The molecule has 2 aliphatic rings. The summed E-state index contributed by atoms with van der Waals surface area (Å²) in [6, 6.07) is 15.4. The molecule has 4 rings (SSSR count). The summed E-state index contributed by atoms with van der Waals surface area (Å²) in [5.41, 5.74) is 3.32. The van der Waals surface area contributed by atoms with Crippen LogP contribution in [-0.2, 0) is 22.5 Å². The highest BCUT2D eigenvalue weighted by atomic mass is 79.9. The Morgan fingerprint density at radius 1 is 1.23 bits per heavy atom. The zero-order chi connectivity index (χ0) is 21.1. The van der Waals surface area contributed by atoms with Crippen LogP contribution < -0.4 is 5.32 Å². The predicted molar refractivity (Wildman–Crippen MR) is 119 cm³/mol. The lowest BCUT2D eigenvalue weighted by Crippen LogP contribution is -2.46. The maximum Gasteiger partial charge on any atom is 0.324 e. The molecule has 1 atom stereocenters. The van der Waals surface area contributed by atoms with Crippen LogP contribution in [0.25, 0.3) is 0 Å². The average molecular weight is 471 g/mol. The topological polar surface area (TPSA) is 58.6 Å². The first-order valence-electron chi connectivity index (χ1n) is 10.4. The van der Waals surface area contributed by atoms with Gasteiger partial charge < -0.3 is 10.1 Å². The van der Waals surface area contributed by atoms with Gasteiger partial charge >= 0.3 is 6.03 Å². The standard InChI is InChI=1S/C24H27BrN2O3/c1-30-20-9-11-24(12-10-20)14-18-7-8-19(25)13-21(18)22(24)26-23(29)27(16-28)15-17-5-3-2-4-6-17/h2-8,13,16,20,22H,9-12,14-15H2,1H3,(H,26,29). The van der Waals surface area contributed by atoms with E-state index in [0.717, 1.165) is 47.7 Å². The number of hydrogen-bond donors (Lipinski definition) is 1. The van der Waals surface area contributed by atoms with Crippen molar-refractivity contribution in [3.05, 3.63) is 69.7 Å². The molecule has 0 saturated heterocycles. The second kappa shape index (κ2) is 8.90. The van der Waals surface area contributed by atoms with Gasteiger partial charge in [-0.2, -0.15) is 0 Å². The summed E-state index contributed by atoms with van der Waals surface area (Å²) in [7, 11) is 1.77. The lowest BCUT2D eigenvalue weighted by Gasteiger charge is -2.42. The molecule has 0 aromatic heterocycles. The van der Waals surface area contributed by atoms with Crippen LogP contribution in [0.3, 0.4) is 0 Å². The number of methoxy groups -OCH3 is 1. The van der Waals surface area contributed by atoms with Gasteiger partial charge in [-0.3, -0.25) is 9.69 Å². The Bertz CT molecular complexity index is 910. The molecule has 158 valence electrons. The molecule has 0 radical (unpaired) electrons. The molecule has 2 aliphatic carbocycles. The van der Waals surface area contributed by atoms with Crippen LogP contribution in [0.5, 0.6) is 0 Å². The SMILES string of the molecule is COC1CCC2(CC1)Cc1ccc(Br)cc1C2NC(=O)N(C=O)Cc1ccccc1. The molecule has 6 heteroatoms. The van der Waals surface area contributed by atoms with E-state index in [2.05, 4.69) is 39.4 Å². The highest BCUT2D eigenvalue weighted by Gasteiger charge is 2.48. The molecule has 1 unspecified atom stereocenters. The molecule has 30 heavy (non-hydrogen) atoms. The number of carbonyl (C=O) groups excluding carboxylic acids is 2. The number of nitrogens with one attached hydrogen (secondary N) is 1. The highest BCUT2D eigenvalue weighted by molar-refractivity contribution is 9.10. The summed E-state index contributed by atoms with van der Waals surface area (Å²) >= 11 is 3.58. The van der Waals surface area contributed by atoms with Gasteiger partial charge in [0.1, 0.15) is 0 Å². The molecule has 0 bridgehead atoms. The zero-order valence-electron chi connectivity index (χ0n) is 17.1. The molecule has 3 amide bonds. The predicted octanol–water partition coefficient (Wildman–Crippen LogP) is 4.99. The van der Waals surface area contributed by atoms with Gasteiger partial charge in [0.15, 0.2) is 0 Å². The average Bonchev–Trinajstić information content (AvgIpc) is 3.05. The summed E-state index contributed by atoms with van der Waals surface area (Å²) in [5, 5.41) is 3.22. The smallest absolute Gasteiger partial charge is 0.324 e. The fourth-order valence-corrected chi connectivity index (χ4v) is 5.43. The van der Waals surface area contributed by atoms with E-state index in [9.17, 15) is 9.59 Å². The van der Waals surface area contributed by atoms with Gasteiger partial charge in [-0.05, 0) is 66.3 Å². The Balaban J connectivity index is 1.58. The van der Waals surface area contributed by atoms with Crippen molar-refractivity contribution in [1.82, 2.24) is 10.2 Å². The minimum absolute atomic E-state index is 0.0326. The normalized spacial score (nSPS) is 25.0. The van der Waals surface area contributed by atoms with Gasteiger partial charge in [-0.15, -0.1) is 0 Å². The number of imide groups is 1. The first-order valence-corrected chi connectivity index (χ1v) is 11.2. The molecule has 5 nitrogen and oxygen atoms in total. The number of hydrogen-bond acceptors (Lipinski definition) is 3. The van der Waals surface area contributed by atoms with E-state index in [0.29, 0.717) is 6.41 Å². The van der Waals surface area contributed by atoms with Gasteiger partial charge in [0.2, 0.25) is 6.41 Å². The quantitative estimate of drug-likeness (QED) is 0.626. The van der Waals surface area contributed by atoms with E-state index in [1.54, 1.807) is 7.11 Å². The van der Waals surface area contributed by atoms with E-state index in [1.165, 1.54) is 10.5 Å². The van der Waals surface area contributed by atoms with E-state index in [1.807, 2.05) is 30.3 Å². The van der Waals surface area contributed by atoms with Crippen molar-refractivity contribution in [3.63, 3.8) is 0 Å². The molecule has 1 spiro atoms. The number of carbonyl (C=O) groups is 2. The van der Waals surface area contributed by atoms with Crippen molar-refractivity contribution < 1.29 is 14.3 Å². The minimum atomic E-state index is -0.347. The van der Waals surface area contributed by atoms with Crippen LogP contribution in [0.15, 0.2) is 53.0 Å². The third-order valence-electron chi connectivity index (χ3n) is 6.69. The van der Waals surface area contributed by atoms with E-state index in [4.69, 9.17) is 4.74 Å². The summed E-state index contributed by atoms with van der Waals surface area (Å²) in [6.45, 7) is 0.257. The van der Waals surface area contributed by atoms with Crippen molar-refractivity contribution in [3.8, 4) is 0 Å². The second-order valence-corrected chi connectivity index (χ2v) is 9.33. The number of nitrogens with zero attached hydrogens (tertiary/aromatic N) is 1. The van der Waals surface area contributed by atoms with E-state index >= 15 is 0 Å². The van der Waals surface area contributed by atoms with E-state index in [-0.39, 0.29) is 30.1 Å². The largest absolute Gasteiger partial charge is 0.381 e. The number of rotatable bonds is 5. The number of urea groups is 1. The molecular weight excluding hydrogens is 444 g/mol. The van der Waals surface area contributed by atoms with Gasteiger partial charge in [0, 0.05) is 11.6 Å². The van der Waals surface area contributed by atoms with Crippen LogP contribution in [-0.4, -0.2) is 30.6 Å². The lowest BCUT2D eigenvalue weighted by atomic mass is 9.68. The Kier molecular flexibility index (Phi) is 6.25. The number of amides is 3. The third kappa shape index (κ3) is 4.16. The zero-order valence-corrected chi connectivity index (χ0v) is 18.7. The van der Waals surface area contributed by atoms with Gasteiger partial charge in [-0.1, -0.05) is 52.3 Å². The van der Waals surface area contributed by atoms with Crippen molar-refractivity contribution in [1.29, 1.82) is 0 Å². The summed E-state index contributed by atoms with van der Waals surface area (Å²) in [6.07, 6.45) is 5.79. The molecule has 2 aromatic rings. The summed E-state index contributed by atoms with van der Waals surface area (Å²) in [5.74, 6) is 0. The van der Waals surface area contributed by atoms with Crippen LogP contribution in [0.2, 0.25) is 0 Å². The van der Waals surface area contributed by atoms with Crippen LogP contribution in [0, 0.1) is 5.41 Å². The fourth-order valence-electron chi connectivity index (χ4n) is 5.05. The van der Waals surface area contributed by atoms with Crippen molar-refractivity contribution in [2.75, 3.05) is 7.11 Å². The first-order chi connectivity index (χ1) is 14.5. The van der Waals surface area contributed by atoms with Gasteiger partial charge in [-0.25, -0.2) is 4.79 Å². The maximum atomic E-state index is 13.1. The molecule has 2 aromatic carbocycles. The number of halogens is 1. The van der Waals surface area contributed by atoms with Crippen molar-refractivity contribution >= 4 is 28.4 Å². The molecule has 1 saturated carbocycles. The van der Waals surface area contributed by atoms with Gasteiger partial charge in [0.05, 0.1) is 18.7 Å². The lowest BCUT2D eigenvalue weighted by molar-refractivity contribution is -0.116. The Labute approximate surface area is 185 Å². The Morgan fingerprint density at radius 2 is 1.97 bits per heavy atom. The minimum Gasteiger partial charge on any atom is -0.381 e. The number of benzene rings is 2. The molecular formula is C24H27BrN2O3. The molecule has 0 aliphatic heterocycles. The van der Waals surface area contributed by atoms with Crippen LogP contribution in [0.4, 0.5) is 4.79 Å². The molecule has 0 heterocycles. The molecule has 1 fully saturated rings. The second-order valence-electron chi connectivity index (χ2n) is 8.42. The monoisotopic (exact) mass is 470 g/mol. The van der Waals surface area contributed by atoms with Crippen molar-refractivity contribution in [2.24, 2.45) is 5.41 Å². The molecule has 1 N–H and O–H groups in total. The maximum absolute atomic E-state index is 13.1. The highest BCUT2D eigenvalue weighted by Crippen LogP contribution is 2.54. The summed E-state index contributed by atoms with van der Waals surface area (Å²) in [4.78, 5) is 26.1. The Hall–Kier alpha value is -2.18. The number of ether oxygens (including phenoxy) is 1. The Morgan fingerprint density at radius 3 is 2.63 bits per heavy atom. The number of fused-ring (bicyclic) bond motifs is 1. The van der Waals surface area contributed by atoms with Crippen molar-refractivity contribution in [2.45, 2.75) is 50.8 Å². The van der Waals surface area contributed by atoms with E-state index < -0.39 is 0 Å². The van der Waals surface area contributed by atoms with Gasteiger partial charge in [0.25, 0.3) is 0 Å². The van der Waals surface area contributed by atoms with Crippen LogP contribution >= 0.6 is 15.9 Å². The van der Waals surface area contributed by atoms with Crippen LogP contribution in [0.1, 0.15) is 48.4 Å².